The standard InChI is InChI=1S/C12H20O4S/c1-17(15,16)6-2-5-12(11(13)14)8-9-3-4-10(12)7-9/h9-10H,2-8H2,1H3,(H,13,14). The highest BCUT2D eigenvalue weighted by molar-refractivity contribution is 7.90. The first-order valence-electron chi connectivity index (χ1n) is 6.25. The van der Waals surface area contributed by atoms with Gasteiger partial charge < -0.3 is 5.11 Å². The van der Waals surface area contributed by atoms with Gasteiger partial charge in [-0.25, -0.2) is 8.42 Å². The Balaban J connectivity index is 2.02. The highest BCUT2D eigenvalue weighted by Gasteiger charge is 2.55. The Hall–Kier alpha value is -0.580. The van der Waals surface area contributed by atoms with Crippen LogP contribution in [0.5, 0.6) is 0 Å². The minimum atomic E-state index is -2.97. The monoisotopic (exact) mass is 260 g/mol. The molecule has 98 valence electrons. The summed E-state index contributed by atoms with van der Waals surface area (Å²) >= 11 is 0. The third kappa shape index (κ3) is 2.49. The van der Waals surface area contributed by atoms with E-state index in [1.165, 1.54) is 6.26 Å². The fourth-order valence-electron chi connectivity index (χ4n) is 3.77. The minimum absolute atomic E-state index is 0.111. The van der Waals surface area contributed by atoms with E-state index in [1.54, 1.807) is 0 Å². The van der Waals surface area contributed by atoms with Crippen LogP contribution < -0.4 is 0 Å². The van der Waals surface area contributed by atoms with Crippen LogP contribution in [-0.2, 0) is 14.6 Å². The predicted molar refractivity (Wildman–Crippen MR) is 64.5 cm³/mol. The summed E-state index contributed by atoms with van der Waals surface area (Å²) in [5.41, 5.74) is -0.617. The van der Waals surface area contributed by atoms with Gasteiger partial charge in [0.05, 0.1) is 5.41 Å². The molecule has 0 aromatic heterocycles. The summed E-state index contributed by atoms with van der Waals surface area (Å²) in [7, 11) is -2.97. The van der Waals surface area contributed by atoms with E-state index in [0.717, 1.165) is 25.7 Å². The number of fused-ring (bicyclic) bond motifs is 2. The number of carboxylic acid groups (broad SMARTS) is 1. The number of carboxylic acids is 1. The second kappa shape index (κ2) is 4.26. The van der Waals surface area contributed by atoms with Gasteiger partial charge in [0.25, 0.3) is 0 Å². The van der Waals surface area contributed by atoms with Gasteiger partial charge in [0.1, 0.15) is 9.84 Å². The van der Waals surface area contributed by atoms with E-state index >= 15 is 0 Å². The molecule has 5 heteroatoms. The molecule has 0 spiro atoms. The van der Waals surface area contributed by atoms with Crippen molar-refractivity contribution in [3.8, 4) is 0 Å². The lowest BCUT2D eigenvalue weighted by atomic mass is 9.70. The van der Waals surface area contributed by atoms with Crippen molar-refractivity contribution >= 4 is 15.8 Å². The van der Waals surface area contributed by atoms with E-state index in [1.807, 2.05) is 0 Å². The number of hydrogen-bond acceptors (Lipinski definition) is 3. The van der Waals surface area contributed by atoms with Gasteiger partial charge in [-0.1, -0.05) is 6.42 Å². The molecule has 2 aliphatic rings. The quantitative estimate of drug-likeness (QED) is 0.816. The lowest BCUT2D eigenvalue weighted by Gasteiger charge is -2.33. The third-order valence-corrected chi connectivity index (χ3v) is 5.57. The largest absolute Gasteiger partial charge is 0.481 e. The molecule has 2 fully saturated rings. The SMILES string of the molecule is CS(=O)(=O)CCCC1(C(=O)O)CC2CCC1C2. The average molecular weight is 260 g/mol. The molecule has 0 radical (unpaired) electrons. The van der Waals surface area contributed by atoms with Gasteiger partial charge in [-0.2, -0.15) is 0 Å². The molecule has 2 saturated carbocycles. The molecule has 2 bridgehead atoms. The van der Waals surface area contributed by atoms with Crippen LogP contribution in [0, 0.1) is 17.3 Å². The highest BCUT2D eigenvalue weighted by Crippen LogP contribution is 2.58. The van der Waals surface area contributed by atoms with Gasteiger partial charge in [-0.3, -0.25) is 4.79 Å². The molecule has 0 aromatic carbocycles. The maximum Gasteiger partial charge on any atom is 0.309 e. The number of rotatable bonds is 5. The van der Waals surface area contributed by atoms with E-state index < -0.39 is 21.2 Å². The number of carbonyl (C=O) groups is 1. The Bertz CT molecular complexity index is 414. The van der Waals surface area contributed by atoms with Crippen LogP contribution in [0.3, 0.4) is 0 Å². The van der Waals surface area contributed by atoms with Crippen LogP contribution in [0.2, 0.25) is 0 Å². The van der Waals surface area contributed by atoms with Crippen LogP contribution >= 0.6 is 0 Å². The first-order valence-corrected chi connectivity index (χ1v) is 8.31. The maximum absolute atomic E-state index is 11.5. The van der Waals surface area contributed by atoms with Crippen molar-refractivity contribution in [1.29, 1.82) is 0 Å². The van der Waals surface area contributed by atoms with Gasteiger partial charge in [-0.15, -0.1) is 0 Å². The number of sulfone groups is 1. The summed E-state index contributed by atoms with van der Waals surface area (Å²) < 4.78 is 22.2. The fraction of sp³-hybridized carbons (Fsp3) is 0.917. The van der Waals surface area contributed by atoms with Crippen LogP contribution in [-0.4, -0.2) is 31.5 Å². The van der Waals surface area contributed by atoms with Crippen LogP contribution in [0.4, 0.5) is 0 Å². The fourth-order valence-corrected chi connectivity index (χ4v) is 4.44. The van der Waals surface area contributed by atoms with Crippen molar-refractivity contribution in [2.75, 3.05) is 12.0 Å². The first kappa shape index (κ1) is 12.9. The number of aliphatic carboxylic acids is 1. The molecule has 0 amide bonds. The van der Waals surface area contributed by atoms with Crippen LogP contribution in [0.25, 0.3) is 0 Å². The van der Waals surface area contributed by atoms with Crippen molar-refractivity contribution in [1.82, 2.24) is 0 Å². The second-order valence-electron chi connectivity index (χ2n) is 5.77. The van der Waals surface area contributed by atoms with E-state index in [0.29, 0.717) is 18.8 Å². The summed E-state index contributed by atoms with van der Waals surface area (Å²) in [6, 6.07) is 0. The van der Waals surface area contributed by atoms with Crippen LogP contribution in [0.1, 0.15) is 38.5 Å². The summed E-state index contributed by atoms with van der Waals surface area (Å²) in [5, 5.41) is 9.47. The third-order valence-electron chi connectivity index (χ3n) is 4.54. The summed E-state index contributed by atoms with van der Waals surface area (Å²) in [5.74, 6) is 0.247. The Labute approximate surface area is 102 Å². The van der Waals surface area contributed by atoms with Crippen molar-refractivity contribution < 1.29 is 18.3 Å². The molecule has 0 saturated heterocycles. The molecule has 1 N–H and O–H groups in total. The lowest BCUT2D eigenvalue weighted by Crippen LogP contribution is -2.36. The Morgan fingerprint density at radius 3 is 2.53 bits per heavy atom. The van der Waals surface area contributed by atoms with E-state index in [2.05, 4.69) is 0 Å². The second-order valence-corrected chi connectivity index (χ2v) is 8.03. The Kier molecular flexibility index (Phi) is 3.23. The molecule has 0 aliphatic heterocycles. The van der Waals surface area contributed by atoms with Gasteiger partial charge in [-0.05, 0) is 43.9 Å². The normalized spacial score (nSPS) is 36.3. The molecule has 3 unspecified atom stereocenters. The van der Waals surface area contributed by atoms with Gasteiger partial charge >= 0.3 is 5.97 Å². The molecule has 0 aromatic rings. The van der Waals surface area contributed by atoms with E-state index in [-0.39, 0.29) is 11.7 Å². The van der Waals surface area contributed by atoms with Gasteiger partial charge in [0, 0.05) is 12.0 Å². The van der Waals surface area contributed by atoms with Gasteiger partial charge in [0.15, 0.2) is 0 Å². The molecule has 17 heavy (non-hydrogen) atoms. The lowest BCUT2D eigenvalue weighted by molar-refractivity contribution is -0.153. The van der Waals surface area contributed by atoms with E-state index in [9.17, 15) is 18.3 Å². The minimum Gasteiger partial charge on any atom is -0.481 e. The molecule has 2 aliphatic carbocycles. The molecule has 0 heterocycles. The maximum atomic E-state index is 11.5. The smallest absolute Gasteiger partial charge is 0.309 e. The Morgan fingerprint density at radius 2 is 2.12 bits per heavy atom. The van der Waals surface area contributed by atoms with Crippen LogP contribution in [0.15, 0.2) is 0 Å². The molecular weight excluding hydrogens is 240 g/mol. The zero-order valence-corrected chi connectivity index (χ0v) is 11.0. The highest BCUT2D eigenvalue weighted by atomic mass is 32.2. The zero-order valence-electron chi connectivity index (χ0n) is 10.2. The predicted octanol–water partition coefficient (Wildman–Crippen LogP) is 1.70. The summed E-state index contributed by atoms with van der Waals surface area (Å²) in [6.45, 7) is 0. The average Bonchev–Trinajstić information content (AvgIpc) is 2.75. The first-order chi connectivity index (χ1) is 7.83. The van der Waals surface area contributed by atoms with Crippen molar-refractivity contribution in [2.45, 2.75) is 38.5 Å². The zero-order chi connectivity index (χ0) is 12.7. The molecule has 2 rings (SSSR count). The van der Waals surface area contributed by atoms with Crippen molar-refractivity contribution in [3.63, 3.8) is 0 Å². The summed E-state index contributed by atoms with van der Waals surface area (Å²) in [4.78, 5) is 11.5. The van der Waals surface area contributed by atoms with E-state index in [4.69, 9.17) is 0 Å². The number of hydrogen-bond donors (Lipinski definition) is 1. The molecule has 4 nitrogen and oxygen atoms in total. The molecular formula is C12H20O4S. The summed E-state index contributed by atoms with van der Waals surface area (Å²) in [6.07, 6.45) is 6.18. The Morgan fingerprint density at radius 1 is 1.41 bits per heavy atom. The topological polar surface area (TPSA) is 71.4 Å². The molecule has 3 atom stereocenters. The van der Waals surface area contributed by atoms with Crippen molar-refractivity contribution in [3.05, 3.63) is 0 Å². The van der Waals surface area contributed by atoms with Gasteiger partial charge in [0.2, 0.25) is 0 Å². The van der Waals surface area contributed by atoms with Crippen molar-refractivity contribution in [2.24, 2.45) is 17.3 Å².